The molecule has 0 radical (unpaired) electrons. The van der Waals surface area contributed by atoms with Gasteiger partial charge in [-0.2, -0.15) is 4.98 Å². The fraction of sp³-hybridized carbons (Fsp3) is 0.238. The second kappa shape index (κ2) is 9.80. The van der Waals surface area contributed by atoms with Crippen LogP contribution in [0.3, 0.4) is 0 Å². The van der Waals surface area contributed by atoms with Gasteiger partial charge in [-0.05, 0) is 47.9 Å². The fourth-order valence-corrected chi connectivity index (χ4v) is 2.95. The lowest BCUT2D eigenvalue weighted by molar-refractivity contribution is 0.354. The summed E-state index contributed by atoms with van der Waals surface area (Å²) in [5, 5.41) is 7.29. The summed E-state index contributed by atoms with van der Waals surface area (Å²) in [6, 6.07) is 15.5. The molecular formula is C21H23ClN4O2. The number of hydrogen-bond donors (Lipinski definition) is 2. The van der Waals surface area contributed by atoms with Crippen molar-refractivity contribution < 1.29 is 9.47 Å². The minimum Gasteiger partial charge on any atom is -0.493 e. The number of aromatic nitrogens is 2. The molecule has 3 aromatic rings. The van der Waals surface area contributed by atoms with Gasteiger partial charge in [-0.15, -0.1) is 0 Å². The van der Waals surface area contributed by atoms with E-state index >= 15 is 0 Å². The van der Waals surface area contributed by atoms with Crippen molar-refractivity contribution in [2.45, 2.75) is 13.0 Å². The van der Waals surface area contributed by atoms with Gasteiger partial charge in [0, 0.05) is 24.3 Å². The fourth-order valence-electron chi connectivity index (χ4n) is 2.74. The largest absolute Gasteiger partial charge is 0.493 e. The van der Waals surface area contributed by atoms with E-state index in [9.17, 15) is 0 Å². The Bertz CT molecular complexity index is 920. The SMILES string of the molecule is COc1ccc(CNc2ccnc(NCCc3cccc(Cl)c3)n2)cc1OC. The Morgan fingerprint density at radius 2 is 1.79 bits per heavy atom. The van der Waals surface area contributed by atoms with Gasteiger partial charge in [0.15, 0.2) is 11.5 Å². The predicted octanol–water partition coefficient (Wildman–Crippen LogP) is 4.41. The van der Waals surface area contributed by atoms with Crippen molar-refractivity contribution in [3.8, 4) is 11.5 Å². The number of hydrogen-bond acceptors (Lipinski definition) is 6. The van der Waals surface area contributed by atoms with E-state index in [1.54, 1.807) is 20.4 Å². The summed E-state index contributed by atoms with van der Waals surface area (Å²) in [5.74, 6) is 2.74. The zero-order valence-corrected chi connectivity index (χ0v) is 16.7. The molecule has 0 fully saturated rings. The van der Waals surface area contributed by atoms with Crippen molar-refractivity contribution in [1.82, 2.24) is 9.97 Å². The van der Waals surface area contributed by atoms with Crippen LogP contribution in [0, 0.1) is 0 Å². The van der Waals surface area contributed by atoms with Crippen molar-refractivity contribution in [3.63, 3.8) is 0 Å². The number of anilines is 2. The lowest BCUT2D eigenvalue weighted by Gasteiger charge is -2.11. The molecule has 2 N–H and O–H groups in total. The first kappa shape index (κ1) is 19.8. The molecule has 0 amide bonds. The number of ether oxygens (including phenoxy) is 2. The number of benzene rings is 2. The van der Waals surface area contributed by atoms with Crippen molar-refractivity contribution >= 4 is 23.4 Å². The van der Waals surface area contributed by atoms with E-state index in [1.165, 1.54) is 5.56 Å². The summed E-state index contributed by atoms with van der Waals surface area (Å²) in [4.78, 5) is 8.77. The number of nitrogens with zero attached hydrogens (tertiary/aromatic N) is 2. The quantitative estimate of drug-likeness (QED) is 0.556. The molecule has 1 heterocycles. The van der Waals surface area contributed by atoms with Gasteiger partial charge < -0.3 is 20.1 Å². The average Bonchev–Trinajstić information content (AvgIpc) is 2.72. The molecule has 0 unspecified atom stereocenters. The molecule has 2 aromatic carbocycles. The maximum atomic E-state index is 6.01. The van der Waals surface area contributed by atoms with Gasteiger partial charge in [-0.3, -0.25) is 0 Å². The van der Waals surface area contributed by atoms with Crippen LogP contribution in [-0.4, -0.2) is 30.7 Å². The second-order valence-electron chi connectivity index (χ2n) is 6.12. The Morgan fingerprint density at radius 1 is 0.929 bits per heavy atom. The summed E-state index contributed by atoms with van der Waals surface area (Å²) in [6.07, 6.45) is 2.57. The smallest absolute Gasteiger partial charge is 0.224 e. The first-order chi connectivity index (χ1) is 13.7. The molecule has 146 valence electrons. The molecule has 1 aromatic heterocycles. The molecule has 6 nitrogen and oxygen atoms in total. The number of methoxy groups -OCH3 is 2. The lowest BCUT2D eigenvalue weighted by atomic mass is 10.1. The van der Waals surface area contributed by atoms with Crippen LogP contribution in [0.5, 0.6) is 11.5 Å². The van der Waals surface area contributed by atoms with Crippen LogP contribution < -0.4 is 20.1 Å². The Morgan fingerprint density at radius 3 is 2.57 bits per heavy atom. The molecule has 0 aliphatic rings. The third kappa shape index (κ3) is 5.50. The van der Waals surface area contributed by atoms with Gasteiger partial charge >= 0.3 is 0 Å². The maximum absolute atomic E-state index is 6.01. The standard InChI is InChI=1S/C21H23ClN4O2/c1-27-18-7-6-16(13-19(18)28-2)14-25-20-9-11-24-21(26-20)23-10-8-15-4-3-5-17(22)12-15/h3-7,9,11-13H,8,10,14H2,1-2H3,(H2,23,24,25,26). The van der Waals surface area contributed by atoms with E-state index < -0.39 is 0 Å². The summed E-state index contributed by atoms with van der Waals surface area (Å²) in [6.45, 7) is 1.33. The molecule has 0 saturated carbocycles. The van der Waals surface area contributed by atoms with Crippen molar-refractivity contribution in [2.24, 2.45) is 0 Å². The predicted molar refractivity (Wildman–Crippen MR) is 113 cm³/mol. The molecule has 0 aliphatic carbocycles. The van der Waals surface area contributed by atoms with Gasteiger partial charge in [0.25, 0.3) is 0 Å². The monoisotopic (exact) mass is 398 g/mol. The van der Waals surface area contributed by atoms with Crippen LogP contribution in [0.2, 0.25) is 5.02 Å². The van der Waals surface area contributed by atoms with Crippen LogP contribution in [0.1, 0.15) is 11.1 Å². The van der Waals surface area contributed by atoms with Gasteiger partial charge in [-0.25, -0.2) is 4.98 Å². The number of halogens is 1. The van der Waals surface area contributed by atoms with Gasteiger partial charge in [-0.1, -0.05) is 29.8 Å². The van der Waals surface area contributed by atoms with Crippen LogP contribution in [-0.2, 0) is 13.0 Å². The van der Waals surface area contributed by atoms with E-state index in [2.05, 4.69) is 26.7 Å². The molecule has 7 heteroatoms. The van der Waals surface area contributed by atoms with E-state index in [-0.39, 0.29) is 0 Å². The lowest BCUT2D eigenvalue weighted by Crippen LogP contribution is -2.09. The van der Waals surface area contributed by atoms with Crippen LogP contribution in [0.4, 0.5) is 11.8 Å². The van der Waals surface area contributed by atoms with Crippen molar-refractivity contribution in [2.75, 3.05) is 31.4 Å². The topological polar surface area (TPSA) is 68.3 Å². The third-order valence-electron chi connectivity index (χ3n) is 4.16. The third-order valence-corrected chi connectivity index (χ3v) is 4.40. The Kier molecular flexibility index (Phi) is 6.92. The highest BCUT2D eigenvalue weighted by atomic mass is 35.5. The molecule has 0 bridgehead atoms. The summed E-state index contributed by atoms with van der Waals surface area (Å²) >= 11 is 6.01. The zero-order valence-electron chi connectivity index (χ0n) is 15.9. The highest BCUT2D eigenvalue weighted by Crippen LogP contribution is 2.27. The van der Waals surface area contributed by atoms with E-state index in [0.29, 0.717) is 24.0 Å². The molecule has 28 heavy (non-hydrogen) atoms. The van der Waals surface area contributed by atoms with Crippen molar-refractivity contribution in [3.05, 3.63) is 70.9 Å². The van der Waals surface area contributed by atoms with Crippen molar-refractivity contribution in [1.29, 1.82) is 0 Å². The number of nitrogens with one attached hydrogen (secondary N) is 2. The average molecular weight is 399 g/mol. The number of rotatable bonds is 9. The van der Waals surface area contributed by atoms with E-state index in [4.69, 9.17) is 21.1 Å². The van der Waals surface area contributed by atoms with E-state index in [0.717, 1.165) is 29.4 Å². The first-order valence-electron chi connectivity index (χ1n) is 8.94. The van der Waals surface area contributed by atoms with Crippen LogP contribution in [0.25, 0.3) is 0 Å². The summed E-state index contributed by atoms with van der Waals surface area (Å²) in [5.41, 5.74) is 2.23. The minimum atomic E-state index is 0.583. The molecule has 0 atom stereocenters. The molecule has 0 saturated heterocycles. The molecule has 0 aliphatic heterocycles. The Hall–Kier alpha value is -2.99. The summed E-state index contributed by atoms with van der Waals surface area (Å²) < 4.78 is 10.6. The van der Waals surface area contributed by atoms with Gasteiger partial charge in [0.05, 0.1) is 14.2 Å². The Balaban J connectivity index is 1.54. The molecule has 0 spiro atoms. The van der Waals surface area contributed by atoms with Crippen LogP contribution >= 0.6 is 11.6 Å². The van der Waals surface area contributed by atoms with E-state index in [1.807, 2.05) is 42.5 Å². The first-order valence-corrected chi connectivity index (χ1v) is 9.32. The highest BCUT2D eigenvalue weighted by molar-refractivity contribution is 6.30. The maximum Gasteiger partial charge on any atom is 0.224 e. The second-order valence-corrected chi connectivity index (χ2v) is 6.55. The minimum absolute atomic E-state index is 0.583. The van der Waals surface area contributed by atoms with Gasteiger partial charge in [0.1, 0.15) is 5.82 Å². The van der Waals surface area contributed by atoms with Gasteiger partial charge in [0.2, 0.25) is 5.95 Å². The highest BCUT2D eigenvalue weighted by Gasteiger charge is 2.05. The van der Waals surface area contributed by atoms with Crippen LogP contribution in [0.15, 0.2) is 54.7 Å². The normalized spacial score (nSPS) is 10.4. The summed E-state index contributed by atoms with van der Waals surface area (Å²) in [7, 11) is 3.25. The Labute approximate surface area is 169 Å². The molecule has 3 rings (SSSR count). The zero-order chi connectivity index (χ0) is 19.8. The molecular weight excluding hydrogens is 376 g/mol.